The number of pyridine rings is 1. The molecule has 1 heterocycles. The summed E-state index contributed by atoms with van der Waals surface area (Å²) in [5.74, 6) is -0.880. The van der Waals surface area contributed by atoms with Gasteiger partial charge in [-0.15, -0.1) is 0 Å². The lowest BCUT2D eigenvalue weighted by Gasteiger charge is -2.15. The molecule has 7 nitrogen and oxygen atoms in total. The zero-order chi connectivity index (χ0) is 16.5. The highest BCUT2D eigenvalue weighted by Crippen LogP contribution is 2.02. The molecule has 2 unspecified atom stereocenters. The molecule has 22 heavy (non-hydrogen) atoms. The minimum absolute atomic E-state index is 0.108. The summed E-state index contributed by atoms with van der Waals surface area (Å²) in [6.07, 6.45) is 1.19. The number of carbonyl (C=O) groups is 2. The lowest BCUT2D eigenvalue weighted by molar-refractivity contribution is 0.0904. The lowest BCUT2D eigenvalue weighted by Crippen LogP contribution is -2.39. The van der Waals surface area contributed by atoms with Crippen LogP contribution in [0.25, 0.3) is 0 Å². The fraction of sp³-hybridized carbons (Fsp3) is 0.533. The Balaban J connectivity index is 2.81. The molecule has 0 aromatic carbocycles. The molecule has 7 heteroatoms. The zero-order valence-corrected chi connectivity index (χ0v) is 12.9. The Morgan fingerprint density at radius 3 is 1.73 bits per heavy atom. The predicted octanol–water partition coefficient (Wildman–Crippen LogP) is 0.0830. The number of nitrogens with one attached hydrogen (secondary N) is 2. The van der Waals surface area contributed by atoms with Gasteiger partial charge in [0.15, 0.2) is 0 Å². The van der Waals surface area contributed by atoms with Gasteiger partial charge in [-0.1, -0.05) is 19.9 Å². The molecule has 0 fully saturated rings. The van der Waals surface area contributed by atoms with Gasteiger partial charge in [0.1, 0.15) is 11.4 Å². The Morgan fingerprint density at radius 2 is 1.41 bits per heavy atom. The molecule has 0 saturated carbocycles. The number of carbonyl (C=O) groups excluding carboxylic acids is 2. The van der Waals surface area contributed by atoms with Crippen molar-refractivity contribution in [3.05, 3.63) is 29.6 Å². The van der Waals surface area contributed by atoms with E-state index in [-0.39, 0.29) is 36.7 Å². The van der Waals surface area contributed by atoms with E-state index < -0.39 is 11.8 Å². The molecule has 0 aliphatic carbocycles. The molecule has 2 atom stereocenters. The van der Waals surface area contributed by atoms with Crippen molar-refractivity contribution in [2.24, 2.45) is 0 Å². The minimum Gasteiger partial charge on any atom is -0.394 e. The van der Waals surface area contributed by atoms with E-state index >= 15 is 0 Å². The molecule has 1 aromatic rings. The van der Waals surface area contributed by atoms with E-state index in [4.69, 9.17) is 10.2 Å². The zero-order valence-electron chi connectivity index (χ0n) is 12.9. The minimum atomic E-state index is -0.440. The third-order valence-corrected chi connectivity index (χ3v) is 3.31. The van der Waals surface area contributed by atoms with Crippen LogP contribution in [0, 0.1) is 0 Å². The van der Waals surface area contributed by atoms with E-state index in [1.54, 1.807) is 6.07 Å². The highest BCUT2D eigenvalue weighted by molar-refractivity contribution is 5.96. The second-order valence-electron chi connectivity index (χ2n) is 4.93. The molecule has 1 aromatic heterocycles. The smallest absolute Gasteiger partial charge is 0.270 e. The van der Waals surface area contributed by atoms with E-state index in [0.717, 1.165) is 0 Å². The predicted molar refractivity (Wildman–Crippen MR) is 81.5 cm³/mol. The number of hydrogen-bond acceptors (Lipinski definition) is 5. The van der Waals surface area contributed by atoms with Crippen molar-refractivity contribution in [1.82, 2.24) is 15.6 Å². The SMILES string of the molecule is CCC(CO)NC(=O)c1cccc(C(=O)NC(CC)CO)n1. The summed E-state index contributed by atoms with van der Waals surface area (Å²) < 4.78 is 0. The Hall–Kier alpha value is -1.99. The average molecular weight is 309 g/mol. The highest BCUT2D eigenvalue weighted by atomic mass is 16.3. The summed E-state index contributed by atoms with van der Waals surface area (Å²) in [5.41, 5.74) is 0.216. The molecule has 0 aliphatic rings. The van der Waals surface area contributed by atoms with Crippen LogP contribution in [0.1, 0.15) is 47.7 Å². The Labute approximate surface area is 129 Å². The van der Waals surface area contributed by atoms with Gasteiger partial charge in [0.05, 0.1) is 25.3 Å². The molecule has 122 valence electrons. The fourth-order valence-corrected chi connectivity index (χ4v) is 1.76. The van der Waals surface area contributed by atoms with Crippen molar-refractivity contribution < 1.29 is 19.8 Å². The summed E-state index contributed by atoms with van der Waals surface area (Å²) in [7, 11) is 0. The summed E-state index contributed by atoms with van der Waals surface area (Å²) in [5, 5.41) is 23.5. The normalized spacial score (nSPS) is 13.3. The van der Waals surface area contributed by atoms with Crippen molar-refractivity contribution in [2.75, 3.05) is 13.2 Å². The maximum Gasteiger partial charge on any atom is 0.270 e. The number of aromatic nitrogens is 1. The standard InChI is InChI=1S/C15H23N3O4/c1-3-10(8-19)16-14(21)12-6-5-7-13(18-12)15(22)17-11(4-2)9-20/h5-7,10-11,19-20H,3-4,8-9H2,1-2H3,(H,16,21)(H,17,22). The van der Waals surface area contributed by atoms with Gasteiger partial charge in [-0.3, -0.25) is 9.59 Å². The van der Waals surface area contributed by atoms with Gasteiger partial charge < -0.3 is 20.8 Å². The maximum absolute atomic E-state index is 12.0. The Kier molecular flexibility index (Phi) is 7.48. The van der Waals surface area contributed by atoms with Crippen molar-refractivity contribution in [1.29, 1.82) is 0 Å². The topological polar surface area (TPSA) is 112 Å². The molecule has 0 spiro atoms. The van der Waals surface area contributed by atoms with Gasteiger partial charge in [0.2, 0.25) is 0 Å². The van der Waals surface area contributed by atoms with Gasteiger partial charge >= 0.3 is 0 Å². The summed E-state index contributed by atoms with van der Waals surface area (Å²) in [4.78, 5) is 28.1. The van der Waals surface area contributed by atoms with Crippen LogP contribution in [0.2, 0.25) is 0 Å². The van der Waals surface area contributed by atoms with E-state index in [1.165, 1.54) is 12.1 Å². The Bertz CT molecular complexity index is 458. The summed E-state index contributed by atoms with van der Waals surface area (Å²) in [6, 6.07) is 3.88. The van der Waals surface area contributed by atoms with Crippen LogP contribution in [-0.2, 0) is 0 Å². The van der Waals surface area contributed by atoms with Gasteiger partial charge in [0.25, 0.3) is 11.8 Å². The molecule has 0 aliphatic heterocycles. The third-order valence-electron chi connectivity index (χ3n) is 3.31. The molecule has 0 bridgehead atoms. The molecule has 0 radical (unpaired) electrons. The lowest BCUT2D eigenvalue weighted by atomic mass is 10.2. The van der Waals surface area contributed by atoms with Crippen LogP contribution < -0.4 is 10.6 Å². The van der Waals surface area contributed by atoms with Crippen molar-refractivity contribution >= 4 is 11.8 Å². The largest absolute Gasteiger partial charge is 0.394 e. The average Bonchev–Trinajstić information content (AvgIpc) is 2.57. The van der Waals surface area contributed by atoms with E-state index in [9.17, 15) is 9.59 Å². The second-order valence-corrected chi connectivity index (χ2v) is 4.93. The molecule has 0 saturated heterocycles. The molecule has 1 rings (SSSR count). The fourth-order valence-electron chi connectivity index (χ4n) is 1.76. The van der Waals surface area contributed by atoms with Gasteiger partial charge in [-0.05, 0) is 25.0 Å². The number of rotatable bonds is 8. The number of aliphatic hydroxyl groups excluding tert-OH is 2. The van der Waals surface area contributed by atoms with Gasteiger partial charge in [-0.25, -0.2) is 4.98 Å². The number of nitrogens with zero attached hydrogens (tertiary/aromatic N) is 1. The van der Waals surface area contributed by atoms with Crippen molar-refractivity contribution in [3.8, 4) is 0 Å². The second kappa shape index (κ2) is 9.11. The van der Waals surface area contributed by atoms with Crippen molar-refractivity contribution in [2.45, 2.75) is 38.8 Å². The summed E-state index contributed by atoms with van der Waals surface area (Å²) in [6.45, 7) is 3.38. The first kappa shape index (κ1) is 18.1. The maximum atomic E-state index is 12.0. The molecule has 4 N–H and O–H groups in total. The van der Waals surface area contributed by atoms with Crippen LogP contribution >= 0.6 is 0 Å². The van der Waals surface area contributed by atoms with Crippen molar-refractivity contribution in [3.63, 3.8) is 0 Å². The number of hydrogen-bond donors (Lipinski definition) is 4. The van der Waals surface area contributed by atoms with Gasteiger partial charge in [0, 0.05) is 0 Å². The Morgan fingerprint density at radius 1 is 1.00 bits per heavy atom. The molecule has 2 amide bonds. The van der Waals surface area contributed by atoms with E-state index in [2.05, 4.69) is 15.6 Å². The van der Waals surface area contributed by atoms with Crippen LogP contribution in [0.5, 0.6) is 0 Å². The van der Waals surface area contributed by atoms with E-state index in [1.807, 2.05) is 13.8 Å². The van der Waals surface area contributed by atoms with Crippen LogP contribution in [-0.4, -0.2) is 52.3 Å². The number of amides is 2. The number of aliphatic hydroxyl groups is 2. The van der Waals surface area contributed by atoms with Gasteiger partial charge in [-0.2, -0.15) is 0 Å². The van der Waals surface area contributed by atoms with Crippen LogP contribution in [0.15, 0.2) is 18.2 Å². The van der Waals surface area contributed by atoms with Crippen LogP contribution in [0.4, 0.5) is 0 Å². The van der Waals surface area contributed by atoms with Crippen LogP contribution in [0.3, 0.4) is 0 Å². The monoisotopic (exact) mass is 309 g/mol. The highest BCUT2D eigenvalue weighted by Gasteiger charge is 2.16. The molecular formula is C15H23N3O4. The first-order chi connectivity index (χ1) is 10.5. The molecular weight excluding hydrogens is 286 g/mol. The third kappa shape index (κ3) is 5.09. The first-order valence-corrected chi connectivity index (χ1v) is 7.36. The first-order valence-electron chi connectivity index (χ1n) is 7.36. The quantitative estimate of drug-likeness (QED) is 0.543. The van der Waals surface area contributed by atoms with E-state index in [0.29, 0.717) is 12.8 Å². The summed E-state index contributed by atoms with van der Waals surface area (Å²) >= 11 is 0.